The predicted molar refractivity (Wildman–Crippen MR) is 37.3 cm³/mol. The molecule has 0 radical (unpaired) electrons. The van der Waals surface area contributed by atoms with Gasteiger partial charge in [0.25, 0.3) is 0 Å². The van der Waals surface area contributed by atoms with Crippen LogP contribution in [0.1, 0.15) is 13.3 Å². The number of carbonyl (C=O) groups is 1. The highest BCUT2D eigenvalue weighted by atomic mass is 16.5. The molecule has 1 heterocycles. The third-order valence-corrected chi connectivity index (χ3v) is 2.12. The van der Waals surface area contributed by atoms with Crippen molar-refractivity contribution >= 4 is 5.91 Å². The van der Waals surface area contributed by atoms with Gasteiger partial charge in [-0.1, -0.05) is 6.92 Å². The summed E-state index contributed by atoms with van der Waals surface area (Å²) in [5.41, 5.74) is 5.12. The quantitative estimate of drug-likeness (QED) is 0.598. The molecule has 1 fully saturated rings. The van der Waals surface area contributed by atoms with Crippen LogP contribution < -0.4 is 5.73 Å². The number of carbonyl (C=O) groups excluding carboxylic acids is 1. The van der Waals surface area contributed by atoms with Gasteiger partial charge in [-0.3, -0.25) is 4.79 Å². The van der Waals surface area contributed by atoms with Gasteiger partial charge in [-0.05, 0) is 12.3 Å². The molecule has 1 rings (SSSR count). The Hall–Kier alpha value is -0.570. The van der Waals surface area contributed by atoms with Crippen molar-refractivity contribution in [3.63, 3.8) is 0 Å². The summed E-state index contributed by atoms with van der Waals surface area (Å²) in [6.07, 6.45) is 0.976. The van der Waals surface area contributed by atoms with Crippen LogP contribution in [0.4, 0.5) is 0 Å². The molecule has 0 aliphatic carbocycles. The van der Waals surface area contributed by atoms with Gasteiger partial charge in [0, 0.05) is 12.5 Å². The number of hydrogen-bond donors (Lipinski definition) is 1. The second-order valence-corrected chi connectivity index (χ2v) is 2.81. The summed E-state index contributed by atoms with van der Waals surface area (Å²) in [6, 6.07) is 0. The molecule has 1 aliphatic heterocycles. The third kappa shape index (κ3) is 1.48. The summed E-state index contributed by atoms with van der Waals surface area (Å²) >= 11 is 0. The zero-order valence-electron chi connectivity index (χ0n) is 6.17. The van der Waals surface area contributed by atoms with Crippen LogP contribution in [0.5, 0.6) is 0 Å². The maximum absolute atomic E-state index is 10.7. The van der Waals surface area contributed by atoms with E-state index in [1.54, 1.807) is 0 Å². The maximum Gasteiger partial charge on any atom is 0.220 e. The van der Waals surface area contributed by atoms with Crippen LogP contribution in [-0.4, -0.2) is 19.1 Å². The Morgan fingerprint density at radius 3 is 2.90 bits per heavy atom. The molecule has 2 atom stereocenters. The second kappa shape index (κ2) is 3.01. The molecule has 1 amide bonds. The highest BCUT2D eigenvalue weighted by Crippen LogP contribution is 2.20. The lowest BCUT2D eigenvalue weighted by Crippen LogP contribution is -2.27. The Bertz CT molecular complexity index is 130. The summed E-state index contributed by atoms with van der Waals surface area (Å²) in [7, 11) is 0. The minimum Gasteiger partial charge on any atom is -0.381 e. The van der Waals surface area contributed by atoms with Crippen LogP contribution in [0.15, 0.2) is 0 Å². The van der Waals surface area contributed by atoms with E-state index < -0.39 is 0 Å². The number of rotatable bonds is 2. The van der Waals surface area contributed by atoms with E-state index in [0.29, 0.717) is 12.5 Å². The highest BCUT2D eigenvalue weighted by Gasteiger charge is 2.25. The summed E-state index contributed by atoms with van der Waals surface area (Å²) in [4.78, 5) is 10.7. The van der Waals surface area contributed by atoms with E-state index >= 15 is 0 Å². The lowest BCUT2D eigenvalue weighted by molar-refractivity contribution is -0.122. The Morgan fingerprint density at radius 1 is 1.80 bits per heavy atom. The molecule has 3 heteroatoms. The molecule has 1 aliphatic rings. The smallest absolute Gasteiger partial charge is 0.220 e. The Morgan fingerprint density at radius 2 is 2.50 bits per heavy atom. The van der Waals surface area contributed by atoms with E-state index in [1.165, 1.54) is 0 Å². The monoisotopic (exact) mass is 143 g/mol. The van der Waals surface area contributed by atoms with Crippen molar-refractivity contribution in [3.05, 3.63) is 0 Å². The van der Waals surface area contributed by atoms with E-state index in [9.17, 15) is 4.79 Å². The molecule has 0 saturated carbocycles. The molecule has 0 spiro atoms. The van der Waals surface area contributed by atoms with E-state index in [4.69, 9.17) is 10.5 Å². The Balaban J connectivity index is 2.39. The fourth-order valence-corrected chi connectivity index (χ4v) is 1.18. The molecule has 3 nitrogen and oxygen atoms in total. The molecule has 0 aromatic rings. The highest BCUT2D eigenvalue weighted by molar-refractivity contribution is 5.76. The number of nitrogens with two attached hydrogens (primary N) is 1. The fourth-order valence-electron chi connectivity index (χ4n) is 1.18. The first-order valence-corrected chi connectivity index (χ1v) is 3.59. The van der Waals surface area contributed by atoms with Crippen molar-refractivity contribution in [2.75, 3.05) is 13.2 Å². The standard InChI is InChI=1S/C7H13NO2/c1-5(7(8)9)6-2-3-10-4-6/h5-6H,2-4H2,1H3,(H2,8,9). The predicted octanol–water partition coefficient (Wildman–Crippen LogP) is 0.144. The SMILES string of the molecule is CC(C(N)=O)C1CCOC1. The molecular formula is C7H13NO2. The van der Waals surface area contributed by atoms with Gasteiger partial charge in [0.1, 0.15) is 0 Å². The van der Waals surface area contributed by atoms with E-state index in [0.717, 1.165) is 13.0 Å². The lowest BCUT2D eigenvalue weighted by atomic mass is 9.93. The van der Waals surface area contributed by atoms with E-state index in [1.807, 2.05) is 6.92 Å². The van der Waals surface area contributed by atoms with Gasteiger partial charge in [0.2, 0.25) is 5.91 Å². The van der Waals surface area contributed by atoms with Crippen molar-refractivity contribution in [2.24, 2.45) is 17.6 Å². The third-order valence-electron chi connectivity index (χ3n) is 2.12. The number of hydrogen-bond acceptors (Lipinski definition) is 2. The van der Waals surface area contributed by atoms with Gasteiger partial charge < -0.3 is 10.5 Å². The largest absolute Gasteiger partial charge is 0.381 e. The van der Waals surface area contributed by atoms with E-state index in [-0.39, 0.29) is 11.8 Å². The van der Waals surface area contributed by atoms with Crippen molar-refractivity contribution in [1.29, 1.82) is 0 Å². The maximum atomic E-state index is 10.7. The molecule has 2 unspecified atom stereocenters. The Labute approximate surface area is 60.5 Å². The molecule has 10 heavy (non-hydrogen) atoms. The van der Waals surface area contributed by atoms with Crippen LogP contribution in [0.3, 0.4) is 0 Å². The first-order chi connectivity index (χ1) is 4.72. The molecule has 1 saturated heterocycles. The minimum absolute atomic E-state index is 0.0255. The molecular weight excluding hydrogens is 130 g/mol. The van der Waals surface area contributed by atoms with Gasteiger partial charge >= 0.3 is 0 Å². The van der Waals surface area contributed by atoms with Crippen LogP contribution in [0, 0.1) is 11.8 Å². The molecule has 0 bridgehead atoms. The number of amides is 1. The number of ether oxygens (including phenoxy) is 1. The lowest BCUT2D eigenvalue weighted by Gasteiger charge is -2.12. The Kier molecular flexibility index (Phi) is 2.27. The first-order valence-electron chi connectivity index (χ1n) is 3.59. The van der Waals surface area contributed by atoms with Crippen LogP contribution >= 0.6 is 0 Å². The van der Waals surface area contributed by atoms with Crippen molar-refractivity contribution in [3.8, 4) is 0 Å². The second-order valence-electron chi connectivity index (χ2n) is 2.81. The van der Waals surface area contributed by atoms with Crippen molar-refractivity contribution in [1.82, 2.24) is 0 Å². The average molecular weight is 143 g/mol. The van der Waals surface area contributed by atoms with E-state index in [2.05, 4.69) is 0 Å². The van der Waals surface area contributed by atoms with Gasteiger partial charge in [-0.2, -0.15) is 0 Å². The zero-order chi connectivity index (χ0) is 7.56. The van der Waals surface area contributed by atoms with Crippen LogP contribution in [-0.2, 0) is 9.53 Å². The average Bonchev–Trinajstić information content (AvgIpc) is 2.36. The summed E-state index contributed by atoms with van der Waals surface area (Å²) in [5.74, 6) is 0.121. The topological polar surface area (TPSA) is 52.3 Å². The minimum atomic E-state index is -0.212. The van der Waals surface area contributed by atoms with Crippen LogP contribution in [0.2, 0.25) is 0 Å². The summed E-state index contributed by atoms with van der Waals surface area (Å²) in [5, 5.41) is 0. The molecule has 0 aromatic carbocycles. The first kappa shape index (κ1) is 7.54. The van der Waals surface area contributed by atoms with Crippen molar-refractivity contribution < 1.29 is 9.53 Å². The van der Waals surface area contributed by atoms with Gasteiger partial charge in [0.15, 0.2) is 0 Å². The molecule has 58 valence electrons. The fraction of sp³-hybridized carbons (Fsp3) is 0.857. The normalized spacial score (nSPS) is 28.3. The zero-order valence-corrected chi connectivity index (χ0v) is 6.17. The van der Waals surface area contributed by atoms with Gasteiger partial charge in [0.05, 0.1) is 6.61 Å². The van der Waals surface area contributed by atoms with Crippen molar-refractivity contribution in [2.45, 2.75) is 13.3 Å². The van der Waals surface area contributed by atoms with Crippen LogP contribution in [0.25, 0.3) is 0 Å². The molecule has 0 aromatic heterocycles. The van der Waals surface area contributed by atoms with Gasteiger partial charge in [-0.25, -0.2) is 0 Å². The number of primary amides is 1. The summed E-state index contributed by atoms with van der Waals surface area (Å²) < 4.78 is 5.12. The molecule has 2 N–H and O–H groups in total. The summed E-state index contributed by atoms with van der Waals surface area (Å²) in [6.45, 7) is 3.34. The van der Waals surface area contributed by atoms with Gasteiger partial charge in [-0.15, -0.1) is 0 Å².